The summed E-state index contributed by atoms with van der Waals surface area (Å²) in [5.74, 6) is -0.399. The summed E-state index contributed by atoms with van der Waals surface area (Å²) in [5.41, 5.74) is 0.427. The van der Waals surface area contributed by atoms with E-state index in [9.17, 15) is 13.2 Å². The zero-order valence-corrected chi connectivity index (χ0v) is 12.5. The first-order valence-corrected chi connectivity index (χ1v) is 7.61. The first-order chi connectivity index (χ1) is 9.93. The lowest BCUT2D eigenvalue weighted by atomic mass is 10.2. The number of sulfonamides is 1. The minimum absolute atomic E-state index is 0.0139. The first kappa shape index (κ1) is 15.1. The molecule has 21 heavy (non-hydrogen) atoms. The van der Waals surface area contributed by atoms with Crippen molar-refractivity contribution in [2.24, 2.45) is 0 Å². The highest BCUT2D eigenvalue weighted by Gasteiger charge is 2.23. The number of nitrogens with one attached hydrogen (secondary N) is 1. The number of nitrogens with zero attached hydrogens (tertiary/aromatic N) is 2. The number of hydrogen-bond acceptors (Lipinski definition) is 4. The van der Waals surface area contributed by atoms with Gasteiger partial charge < -0.3 is 5.32 Å². The normalized spacial score (nSPS) is 11.4. The van der Waals surface area contributed by atoms with Crippen LogP contribution < -0.4 is 5.32 Å². The van der Waals surface area contributed by atoms with E-state index < -0.39 is 15.9 Å². The van der Waals surface area contributed by atoms with Crippen LogP contribution in [0.4, 0.5) is 5.82 Å². The van der Waals surface area contributed by atoms with E-state index in [-0.39, 0.29) is 10.7 Å². The highest BCUT2D eigenvalue weighted by atomic mass is 32.2. The van der Waals surface area contributed by atoms with E-state index in [1.54, 1.807) is 30.3 Å². The number of carbonyl (C=O) groups is 1. The number of hydrogen-bond donors (Lipinski definition) is 1. The van der Waals surface area contributed by atoms with E-state index in [0.717, 1.165) is 4.31 Å². The monoisotopic (exact) mass is 305 g/mol. The zero-order valence-electron chi connectivity index (χ0n) is 11.6. The molecule has 0 aliphatic heterocycles. The molecule has 0 bridgehead atoms. The third-order valence-corrected chi connectivity index (χ3v) is 4.64. The van der Waals surface area contributed by atoms with Crippen molar-refractivity contribution in [1.29, 1.82) is 0 Å². The van der Waals surface area contributed by atoms with Crippen molar-refractivity contribution in [3.05, 3.63) is 54.2 Å². The fourth-order valence-electron chi connectivity index (χ4n) is 1.66. The molecule has 0 saturated heterocycles. The van der Waals surface area contributed by atoms with E-state index in [2.05, 4.69) is 10.3 Å². The van der Waals surface area contributed by atoms with Crippen LogP contribution >= 0.6 is 0 Å². The van der Waals surface area contributed by atoms with Gasteiger partial charge in [-0.15, -0.1) is 0 Å². The molecule has 0 saturated carbocycles. The molecule has 0 spiro atoms. The second-order valence-corrected chi connectivity index (χ2v) is 6.58. The lowest BCUT2D eigenvalue weighted by Gasteiger charge is -2.14. The van der Waals surface area contributed by atoms with Gasteiger partial charge in [0.05, 0.1) is 0 Å². The molecule has 2 aromatic rings. The number of rotatable bonds is 4. The molecule has 1 aromatic carbocycles. The predicted molar refractivity (Wildman–Crippen MR) is 79.5 cm³/mol. The Morgan fingerprint density at radius 2 is 1.76 bits per heavy atom. The second-order valence-electron chi connectivity index (χ2n) is 4.46. The molecule has 1 N–H and O–H groups in total. The molecule has 1 heterocycles. The molecular weight excluding hydrogens is 290 g/mol. The van der Waals surface area contributed by atoms with E-state index in [1.807, 2.05) is 0 Å². The highest BCUT2D eigenvalue weighted by Crippen LogP contribution is 2.21. The van der Waals surface area contributed by atoms with Crippen LogP contribution in [0.2, 0.25) is 0 Å². The zero-order chi connectivity index (χ0) is 15.5. The van der Waals surface area contributed by atoms with Crippen LogP contribution in [-0.4, -0.2) is 37.7 Å². The largest absolute Gasteiger partial charge is 0.305 e. The van der Waals surface area contributed by atoms with Crippen LogP contribution in [0.1, 0.15) is 10.4 Å². The van der Waals surface area contributed by atoms with Gasteiger partial charge in [0.1, 0.15) is 4.90 Å². The van der Waals surface area contributed by atoms with Crippen molar-refractivity contribution in [3.63, 3.8) is 0 Å². The van der Waals surface area contributed by atoms with Crippen molar-refractivity contribution < 1.29 is 13.2 Å². The Labute approximate surface area is 123 Å². The summed E-state index contributed by atoms with van der Waals surface area (Å²) in [6.07, 6.45) is 1.43. The maximum atomic E-state index is 12.2. The van der Waals surface area contributed by atoms with Crippen LogP contribution in [0.25, 0.3) is 0 Å². The van der Waals surface area contributed by atoms with Gasteiger partial charge in [-0.05, 0) is 24.3 Å². The molecule has 7 heteroatoms. The van der Waals surface area contributed by atoms with Crippen LogP contribution in [0.3, 0.4) is 0 Å². The maximum Gasteiger partial charge on any atom is 0.256 e. The van der Waals surface area contributed by atoms with Crippen LogP contribution in [0.15, 0.2) is 53.6 Å². The summed E-state index contributed by atoms with van der Waals surface area (Å²) in [6, 6.07) is 11.4. The van der Waals surface area contributed by atoms with Gasteiger partial charge in [-0.2, -0.15) is 0 Å². The SMILES string of the molecule is CN(C)S(=O)(=O)c1cccnc1NC(=O)c1ccccc1. The molecule has 6 nitrogen and oxygen atoms in total. The lowest BCUT2D eigenvalue weighted by molar-refractivity contribution is 0.102. The molecular formula is C14H15N3O3S. The molecule has 0 atom stereocenters. The second kappa shape index (κ2) is 6.02. The van der Waals surface area contributed by atoms with E-state index >= 15 is 0 Å². The molecule has 0 aliphatic rings. The number of pyridine rings is 1. The Hall–Kier alpha value is -2.25. The number of benzene rings is 1. The maximum absolute atomic E-state index is 12.2. The van der Waals surface area contributed by atoms with Crippen LogP contribution in [0.5, 0.6) is 0 Å². The summed E-state index contributed by atoms with van der Waals surface area (Å²) in [6.45, 7) is 0. The predicted octanol–water partition coefficient (Wildman–Crippen LogP) is 1.58. The minimum atomic E-state index is -3.68. The fraction of sp³-hybridized carbons (Fsp3) is 0.143. The van der Waals surface area contributed by atoms with Crippen LogP contribution in [-0.2, 0) is 10.0 Å². The highest BCUT2D eigenvalue weighted by molar-refractivity contribution is 7.89. The quantitative estimate of drug-likeness (QED) is 0.930. The summed E-state index contributed by atoms with van der Waals surface area (Å²) < 4.78 is 25.5. The third kappa shape index (κ3) is 3.26. The van der Waals surface area contributed by atoms with Gasteiger partial charge in [-0.1, -0.05) is 18.2 Å². The van der Waals surface area contributed by atoms with Crippen LogP contribution in [0, 0.1) is 0 Å². The van der Waals surface area contributed by atoms with Gasteiger partial charge in [0, 0.05) is 25.9 Å². The number of carbonyl (C=O) groups excluding carboxylic acids is 1. The third-order valence-electron chi connectivity index (χ3n) is 2.80. The Balaban J connectivity index is 2.36. The minimum Gasteiger partial charge on any atom is -0.305 e. The van der Waals surface area contributed by atoms with Gasteiger partial charge >= 0.3 is 0 Å². The smallest absolute Gasteiger partial charge is 0.256 e. The van der Waals surface area contributed by atoms with E-state index in [0.29, 0.717) is 5.56 Å². The molecule has 2 rings (SSSR count). The molecule has 0 fully saturated rings. The van der Waals surface area contributed by atoms with Crippen molar-refractivity contribution in [3.8, 4) is 0 Å². The van der Waals surface area contributed by atoms with Gasteiger partial charge in [-0.25, -0.2) is 17.7 Å². The fourth-order valence-corrected chi connectivity index (χ4v) is 2.65. The van der Waals surface area contributed by atoms with Gasteiger partial charge in [-0.3, -0.25) is 4.79 Å². The molecule has 0 aliphatic carbocycles. The van der Waals surface area contributed by atoms with Gasteiger partial charge in [0.2, 0.25) is 10.0 Å². The first-order valence-electron chi connectivity index (χ1n) is 6.17. The van der Waals surface area contributed by atoms with Crippen molar-refractivity contribution in [1.82, 2.24) is 9.29 Å². The molecule has 1 amide bonds. The summed E-state index contributed by atoms with van der Waals surface area (Å²) in [5, 5.41) is 2.53. The Kier molecular flexibility index (Phi) is 4.35. The van der Waals surface area contributed by atoms with Gasteiger partial charge in [0.15, 0.2) is 5.82 Å². The summed E-state index contributed by atoms with van der Waals surface area (Å²) >= 11 is 0. The molecule has 110 valence electrons. The average molecular weight is 305 g/mol. The van der Waals surface area contributed by atoms with Crippen molar-refractivity contribution in [2.75, 3.05) is 19.4 Å². The topological polar surface area (TPSA) is 79.4 Å². The number of amides is 1. The summed E-state index contributed by atoms with van der Waals surface area (Å²) in [4.78, 5) is 16.0. The lowest BCUT2D eigenvalue weighted by Crippen LogP contribution is -2.24. The Morgan fingerprint density at radius 1 is 1.10 bits per heavy atom. The number of aromatic nitrogens is 1. The Bertz CT molecular complexity index is 743. The van der Waals surface area contributed by atoms with Crippen molar-refractivity contribution >= 4 is 21.7 Å². The number of anilines is 1. The van der Waals surface area contributed by atoms with Crippen molar-refractivity contribution in [2.45, 2.75) is 4.90 Å². The molecule has 1 aromatic heterocycles. The average Bonchev–Trinajstić information content (AvgIpc) is 2.48. The van der Waals surface area contributed by atoms with E-state index in [4.69, 9.17) is 0 Å². The van der Waals surface area contributed by atoms with Gasteiger partial charge in [0.25, 0.3) is 5.91 Å². The summed E-state index contributed by atoms with van der Waals surface area (Å²) in [7, 11) is -0.836. The Morgan fingerprint density at radius 3 is 2.38 bits per heavy atom. The standard InChI is InChI=1S/C14H15N3O3S/c1-17(2)21(19,20)12-9-6-10-15-13(12)16-14(18)11-7-4-3-5-8-11/h3-10H,1-2H3,(H,15,16,18). The molecule has 0 unspecified atom stereocenters. The molecule has 0 radical (unpaired) electrons. The van der Waals surface area contributed by atoms with E-state index in [1.165, 1.54) is 32.4 Å².